The minimum Gasteiger partial charge on any atom is -0.330 e. The topological polar surface area (TPSA) is 26.0 Å². The fraction of sp³-hybridized carbons (Fsp3) is 0.250. The molecular formula is C8H11FNP. The van der Waals surface area contributed by atoms with Gasteiger partial charge < -0.3 is 5.73 Å². The molecule has 0 radical (unpaired) electrons. The van der Waals surface area contributed by atoms with Gasteiger partial charge in [0, 0.05) is 0 Å². The fourth-order valence-electron chi connectivity index (χ4n) is 0.986. The molecule has 1 atom stereocenters. The highest BCUT2D eigenvalue weighted by molar-refractivity contribution is 7.27. The lowest BCUT2D eigenvalue weighted by atomic mass is 10.1. The smallest absolute Gasteiger partial charge is 0.124 e. The van der Waals surface area contributed by atoms with Crippen molar-refractivity contribution in [2.45, 2.75) is 6.42 Å². The summed E-state index contributed by atoms with van der Waals surface area (Å²) in [5.41, 5.74) is 6.29. The van der Waals surface area contributed by atoms with Crippen LogP contribution in [0.25, 0.3) is 0 Å². The molecule has 0 fully saturated rings. The maximum atomic E-state index is 12.7. The van der Waals surface area contributed by atoms with Gasteiger partial charge in [0.05, 0.1) is 0 Å². The van der Waals surface area contributed by atoms with Crippen molar-refractivity contribution in [1.82, 2.24) is 0 Å². The van der Waals surface area contributed by atoms with Crippen molar-refractivity contribution < 1.29 is 4.39 Å². The summed E-state index contributed by atoms with van der Waals surface area (Å²) in [6, 6.07) is 4.91. The normalized spacial score (nSPS) is 10.1. The number of hydrogen-bond acceptors (Lipinski definition) is 1. The molecule has 0 saturated heterocycles. The summed E-state index contributed by atoms with van der Waals surface area (Å²) >= 11 is 0. The molecule has 1 nitrogen and oxygen atoms in total. The Morgan fingerprint density at radius 3 is 2.64 bits per heavy atom. The molecule has 0 bridgehead atoms. The standard InChI is InChI=1S/C8H11FNP/c9-7-3-6(1-2-10)4-8(11)5-7/h3-5H,1-2,10-11H2. The molecule has 0 amide bonds. The number of benzene rings is 1. The van der Waals surface area contributed by atoms with E-state index in [1.54, 1.807) is 0 Å². The average molecular weight is 171 g/mol. The van der Waals surface area contributed by atoms with E-state index in [1.165, 1.54) is 12.1 Å². The molecule has 0 aliphatic rings. The van der Waals surface area contributed by atoms with E-state index < -0.39 is 0 Å². The summed E-state index contributed by atoms with van der Waals surface area (Å²) in [6.45, 7) is 0.563. The number of hydrogen-bond donors (Lipinski definition) is 1. The first-order chi connectivity index (χ1) is 5.22. The van der Waals surface area contributed by atoms with Crippen LogP contribution in [0.15, 0.2) is 18.2 Å². The zero-order valence-electron chi connectivity index (χ0n) is 6.18. The van der Waals surface area contributed by atoms with Gasteiger partial charge in [0.2, 0.25) is 0 Å². The summed E-state index contributed by atoms with van der Waals surface area (Å²) in [7, 11) is 2.47. The maximum absolute atomic E-state index is 12.7. The molecule has 1 aromatic rings. The molecule has 0 aliphatic heterocycles. The predicted molar refractivity (Wildman–Crippen MR) is 48.5 cm³/mol. The van der Waals surface area contributed by atoms with E-state index in [9.17, 15) is 4.39 Å². The molecule has 0 heterocycles. The summed E-state index contributed by atoms with van der Waals surface area (Å²) < 4.78 is 12.7. The lowest BCUT2D eigenvalue weighted by molar-refractivity contribution is 0.626. The minimum atomic E-state index is -0.194. The second kappa shape index (κ2) is 3.80. The molecule has 1 aromatic carbocycles. The van der Waals surface area contributed by atoms with Crippen molar-refractivity contribution in [2.24, 2.45) is 5.73 Å². The van der Waals surface area contributed by atoms with Crippen LogP contribution in [0.2, 0.25) is 0 Å². The Hall–Kier alpha value is -0.460. The van der Waals surface area contributed by atoms with Crippen LogP contribution < -0.4 is 11.0 Å². The molecule has 0 saturated carbocycles. The maximum Gasteiger partial charge on any atom is 0.124 e. The fourth-order valence-corrected chi connectivity index (χ4v) is 1.36. The molecule has 2 N–H and O–H groups in total. The van der Waals surface area contributed by atoms with Gasteiger partial charge >= 0.3 is 0 Å². The Morgan fingerprint density at radius 2 is 2.09 bits per heavy atom. The first-order valence-corrected chi connectivity index (χ1v) is 4.05. The van der Waals surface area contributed by atoms with Gasteiger partial charge in [0.1, 0.15) is 5.82 Å². The third-order valence-electron chi connectivity index (χ3n) is 1.41. The van der Waals surface area contributed by atoms with E-state index >= 15 is 0 Å². The predicted octanol–water partition coefficient (Wildman–Crippen LogP) is 0.827. The molecule has 11 heavy (non-hydrogen) atoms. The third kappa shape index (κ3) is 2.57. The highest BCUT2D eigenvalue weighted by atomic mass is 31.0. The van der Waals surface area contributed by atoms with Crippen LogP contribution in [0.4, 0.5) is 4.39 Å². The van der Waals surface area contributed by atoms with Crippen molar-refractivity contribution in [3.63, 3.8) is 0 Å². The molecular weight excluding hydrogens is 160 g/mol. The van der Waals surface area contributed by atoms with Crippen LogP contribution in [0.3, 0.4) is 0 Å². The van der Waals surface area contributed by atoms with Crippen molar-refractivity contribution >= 4 is 14.5 Å². The number of rotatable bonds is 2. The van der Waals surface area contributed by atoms with Crippen LogP contribution >= 0.6 is 9.24 Å². The Balaban J connectivity index is 2.89. The first kappa shape index (κ1) is 8.63. The average Bonchev–Trinajstić information content (AvgIpc) is 1.85. The summed E-state index contributed by atoms with van der Waals surface area (Å²) in [4.78, 5) is 0. The second-order valence-electron chi connectivity index (χ2n) is 2.43. The van der Waals surface area contributed by atoms with E-state index in [0.29, 0.717) is 6.54 Å². The summed E-state index contributed by atoms with van der Waals surface area (Å²) in [5.74, 6) is -0.194. The zero-order valence-corrected chi connectivity index (χ0v) is 7.33. The number of nitrogens with two attached hydrogens (primary N) is 1. The van der Waals surface area contributed by atoms with Crippen LogP contribution in [-0.4, -0.2) is 6.54 Å². The monoisotopic (exact) mass is 171 g/mol. The Bertz CT molecular complexity index is 230. The van der Waals surface area contributed by atoms with Gasteiger partial charge in [-0.15, -0.1) is 9.24 Å². The molecule has 1 unspecified atom stereocenters. The van der Waals surface area contributed by atoms with Gasteiger partial charge in [0.25, 0.3) is 0 Å². The summed E-state index contributed by atoms with van der Waals surface area (Å²) in [6.07, 6.45) is 0.735. The lowest BCUT2D eigenvalue weighted by Crippen LogP contribution is -2.05. The van der Waals surface area contributed by atoms with Crippen molar-refractivity contribution in [3.8, 4) is 0 Å². The van der Waals surface area contributed by atoms with E-state index in [-0.39, 0.29) is 5.82 Å². The minimum absolute atomic E-state index is 0.194. The van der Waals surface area contributed by atoms with Gasteiger partial charge in [-0.3, -0.25) is 0 Å². The van der Waals surface area contributed by atoms with Crippen LogP contribution in [-0.2, 0) is 6.42 Å². The Morgan fingerprint density at radius 1 is 1.36 bits per heavy atom. The molecule has 0 aliphatic carbocycles. The van der Waals surface area contributed by atoms with Gasteiger partial charge in [-0.2, -0.15) is 0 Å². The van der Waals surface area contributed by atoms with Crippen LogP contribution in [0, 0.1) is 5.82 Å². The van der Waals surface area contributed by atoms with Crippen LogP contribution in [0.5, 0.6) is 0 Å². The van der Waals surface area contributed by atoms with Crippen molar-refractivity contribution in [1.29, 1.82) is 0 Å². The molecule has 0 spiro atoms. The number of halogens is 1. The second-order valence-corrected chi connectivity index (χ2v) is 3.10. The summed E-state index contributed by atoms with van der Waals surface area (Å²) in [5, 5.41) is 0.869. The molecule has 0 aromatic heterocycles. The lowest BCUT2D eigenvalue weighted by Gasteiger charge is -1.99. The SMILES string of the molecule is NCCc1cc(F)cc(P)c1. The van der Waals surface area contributed by atoms with E-state index in [2.05, 4.69) is 9.24 Å². The highest BCUT2D eigenvalue weighted by Crippen LogP contribution is 2.04. The van der Waals surface area contributed by atoms with E-state index in [1.807, 2.05) is 6.07 Å². The third-order valence-corrected chi connectivity index (χ3v) is 1.75. The van der Waals surface area contributed by atoms with Gasteiger partial charge in [0.15, 0.2) is 0 Å². The Labute approximate surface area is 68.0 Å². The first-order valence-electron chi connectivity index (χ1n) is 3.47. The quantitative estimate of drug-likeness (QED) is 0.655. The zero-order chi connectivity index (χ0) is 8.27. The van der Waals surface area contributed by atoms with Gasteiger partial charge in [-0.05, 0) is 36.0 Å². The molecule has 60 valence electrons. The molecule has 3 heteroatoms. The Kier molecular flexibility index (Phi) is 2.98. The van der Waals surface area contributed by atoms with Crippen molar-refractivity contribution in [2.75, 3.05) is 6.54 Å². The van der Waals surface area contributed by atoms with Crippen molar-refractivity contribution in [3.05, 3.63) is 29.6 Å². The van der Waals surface area contributed by atoms with E-state index in [0.717, 1.165) is 17.3 Å². The van der Waals surface area contributed by atoms with E-state index in [4.69, 9.17) is 5.73 Å². The van der Waals surface area contributed by atoms with Crippen LogP contribution in [0.1, 0.15) is 5.56 Å². The largest absolute Gasteiger partial charge is 0.330 e. The van der Waals surface area contributed by atoms with Gasteiger partial charge in [-0.1, -0.05) is 6.07 Å². The molecule has 1 rings (SSSR count). The highest BCUT2D eigenvalue weighted by Gasteiger charge is 1.96. The van der Waals surface area contributed by atoms with Gasteiger partial charge in [-0.25, -0.2) is 4.39 Å².